The van der Waals surface area contributed by atoms with E-state index in [9.17, 15) is 9.18 Å². The summed E-state index contributed by atoms with van der Waals surface area (Å²) in [5.74, 6) is -0.516. The molecule has 1 aromatic carbocycles. The predicted molar refractivity (Wildman–Crippen MR) is 73.8 cm³/mol. The monoisotopic (exact) mass is 287 g/mol. The second-order valence-electron chi connectivity index (χ2n) is 5.88. The molecule has 3 nitrogen and oxygen atoms in total. The zero-order chi connectivity index (χ0) is 14.8. The molecule has 0 aliphatic rings. The molecular weight excluding hydrogens is 269 g/mol. The van der Waals surface area contributed by atoms with Gasteiger partial charge in [0.15, 0.2) is 0 Å². The number of ether oxygens (including phenoxy) is 1. The Bertz CT molecular complexity index is 481. The van der Waals surface area contributed by atoms with Crippen molar-refractivity contribution in [2.24, 2.45) is 0 Å². The fourth-order valence-corrected chi connectivity index (χ4v) is 1.63. The molecule has 1 rings (SSSR count). The summed E-state index contributed by atoms with van der Waals surface area (Å²) in [5.41, 5.74) is -0.723. The van der Waals surface area contributed by atoms with Gasteiger partial charge in [-0.3, -0.25) is 0 Å². The summed E-state index contributed by atoms with van der Waals surface area (Å²) in [6.45, 7) is 8.86. The summed E-state index contributed by atoms with van der Waals surface area (Å²) in [7, 11) is 0. The van der Waals surface area contributed by atoms with Gasteiger partial charge in [-0.25, -0.2) is 9.18 Å². The van der Waals surface area contributed by atoms with Crippen molar-refractivity contribution in [1.29, 1.82) is 0 Å². The normalized spacial score (nSPS) is 12.2. The van der Waals surface area contributed by atoms with Gasteiger partial charge in [0.05, 0.1) is 10.6 Å². The molecule has 0 heterocycles. The maximum atomic E-state index is 13.4. The van der Waals surface area contributed by atoms with E-state index in [-0.39, 0.29) is 5.02 Å². The van der Waals surface area contributed by atoms with Crippen LogP contribution < -0.4 is 5.32 Å². The number of alkyl carbamates (subject to hydrolysis) is 1. The minimum Gasteiger partial charge on any atom is -0.444 e. The average molecular weight is 288 g/mol. The Morgan fingerprint density at radius 1 is 1.26 bits per heavy atom. The number of hydrogen-bond acceptors (Lipinski definition) is 2. The quantitative estimate of drug-likeness (QED) is 0.883. The van der Waals surface area contributed by atoms with Crippen LogP contribution in [-0.2, 0) is 10.3 Å². The van der Waals surface area contributed by atoms with Crippen molar-refractivity contribution in [2.75, 3.05) is 0 Å². The third-order valence-corrected chi connectivity index (χ3v) is 2.76. The van der Waals surface area contributed by atoms with Gasteiger partial charge in [-0.1, -0.05) is 17.7 Å². The van der Waals surface area contributed by atoms with Crippen molar-refractivity contribution in [3.05, 3.63) is 34.6 Å². The van der Waals surface area contributed by atoms with Crippen molar-refractivity contribution < 1.29 is 13.9 Å². The molecule has 0 aliphatic heterocycles. The lowest BCUT2D eigenvalue weighted by molar-refractivity contribution is 0.0470. The SMILES string of the molecule is CC(C)(C)OC(=O)NC(C)(C)c1ccc(Cl)c(F)c1. The first kappa shape index (κ1) is 15.8. The lowest BCUT2D eigenvalue weighted by Gasteiger charge is -2.29. The lowest BCUT2D eigenvalue weighted by atomic mass is 9.94. The van der Waals surface area contributed by atoms with Gasteiger partial charge in [0.2, 0.25) is 0 Å². The molecule has 0 saturated heterocycles. The van der Waals surface area contributed by atoms with E-state index in [4.69, 9.17) is 16.3 Å². The van der Waals surface area contributed by atoms with Crippen molar-refractivity contribution in [2.45, 2.75) is 45.8 Å². The molecule has 0 bridgehead atoms. The molecule has 106 valence electrons. The van der Waals surface area contributed by atoms with Gasteiger partial charge in [0.1, 0.15) is 11.4 Å². The van der Waals surface area contributed by atoms with Crippen LogP contribution in [0.15, 0.2) is 18.2 Å². The molecule has 19 heavy (non-hydrogen) atoms. The van der Waals surface area contributed by atoms with E-state index in [2.05, 4.69) is 5.32 Å². The van der Waals surface area contributed by atoms with Crippen LogP contribution in [0.3, 0.4) is 0 Å². The van der Waals surface area contributed by atoms with E-state index in [1.807, 2.05) is 0 Å². The first-order chi connectivity index (χ1) is 8.51. The van der Waals surface area contributed by atoms with Gasteiger partial charge < -0.3 is 10.1 Å². The maximum Gasteiger partial charge on any atom is 0.408 e. The third-order valence-electron chi connectivity index (χ3n) is 2.45. The average Bonchev–Trinajstić information content (AvgIpc) is 2.17. The van der Waals surface area contributed by atoms with Gasteiger partial charge in [-0.2, -0.15) is 0 Å². The van der Waals surface area contributed by atoms with E-state index in [1.165, 1.54) is 12.1 Å². The van der Waals surface area contributed by atoms with E-state index < -0.39 is 23.1 Å². The highest BCUT2D eigenvalue weighted by Gasteiger charge is 2.26. The Balaban J connectivity index is 2.86. The Morgan fingerprint density at radius 2 is 1.84 bits per heavy atom. The smallest absolute Gasteiger partial charge is 0.408 e. The Morgan fingerprint density at radius 3 is 2.32 bits per heavy atom. The van der Waals surface area contributed by atoms with Crippen LogP contribution in [0.1, 0.15) is 40.2 Å². The zero-order valence-corrected chi connectivity index (χ0v) is 12.6. The summed E-state index contributed by atoms with van der Waals surface area (Å²) in [6.07, 6.45) is -0.548. The van der Waals surface area contributed by atoms with Gasteiger partial charge in [0, 0.05) is 0 Å². The van der Waals surface area contributed by atoms with Gasteiger partial charge in [-0.15, -0.1) is 0 Å². The Hall–Kier alpha value is -1.29. The molecule has 1 N–H and O–H groups in total. The van der Waals surface area contributed by atoms with Crippen molar-refractivity contribution in [3.8, 4) is 0 Å². The molecule has 5 heteroatoms. The van der Waals surface area contributed by atoms with Crippen LogP contribution in [0.4, 0.5) is 9.18 Å². The number of rotatable bonds is 2. The van der Waals surface area contributed by atoms with Crippen molar-refractivity contribution in [3.63, 3.8) is 0 Å². The minimum atomic E-state index is -0.756. The molecule has 0 saturated carbocycles. The van der Waals surface area contributed by atoms with E-state index in [0.717, 1.165) is 0 Å². The van der Waals surface area contributed by atoms with Crippen LogP contribution in [0.2, 0.25) is 5.02 Å². The number of carbonyl (C=O) groups excluding carboxylic acids is 1. The molecule has 0 radical (unpaired) electrons. The lowest BCUT2D eigenvalue weighted by Crippen LogP contribution is -2.43. The van der Waals surface area contributed by atoms with Crippen LogP contribution >= 0.6 is 11.6 Å². The molecule has 0 aliphatic carbocycles. The number of halogens is 2. The van der Waals surface area contributed by atoms with E-state index in [1.54, 1.807) is 40.7 Å². The number of nitrogens with one attached hydrogen (secondary N) is 1. The van der Waals surface area contributed by atoms with Gasteiger partial charge >= 0.3 is 6.09 Å². The summed E-state index contributed by atoms with van der Waals surface area (Å²) in [6, 6.07) is 4.44. The fraction of sp³-hybridized carbons (Fsp3) is 0.500. The third kappa shape index (κ3) is 4.71. The Labute approximate surface area is 118 Å². The van der Waals surface area contributed by atoms with Gasteiger partial charge in [-0.05, 0) is 52.3 Å². The number of amides is 1. The highest BCUT2D eigenvalue weighted by atomic mass is 35.5. The summed E-state index contributed by atoms with van der Waals surface area (Å²) < 4.78 is 18.6. The standard InChI is InChI=1S/C14H19ClFNO2/c1-13(2,3)19-12(18)17-14(4,5)9-6-7-10(15)11(16)8-9/h6-8H,1-5H3,(H,17,18). The summed E-state index contributed by atoms with van der Waals surface area (Å²) in [4.78, 5) is 11.7. The molecule has 1 amide bonds. The summed E-state index contributed by atoms with van der Waals surface area (Å²) >= 11 is 5.64. The summed E-state index contributed by atoms with van der Waals surface area (Å²) in [5, 5.41) is 2.76. The second kappa shape index (κ2) is 5.37. The highest BCUT2D eigenvalue weighted by molar-refractivity contribution is 6.30. The zero-order valence-electron chi connectivity index (χ0n) is 11.8. The predicted octanol–water partition coefficient (Wildman–Crippen LogP) is 4.24. The number of carbonyl (C=O) groups is 1. The Kier molecular flexibility index (Phi) is 4.46. The molecule has 0 fully saturated rings. The molecule has 0 unspecified atom stereocenters. The molecule has 0 spiro atoms. The van der Waals surface area contributed by atoms with Gasteiger partial charge in [0.25, 0.3) is 0 Å². The highest BCUT2D eigenvalue weighted by Crippen LogP contribution is 2.25. The second-order valence-corrected chi connectivity index (χ2v) is 6.29. The first-order valence-corrected chi connectivity index (χ1v) is 6.36. The van der Waals surface area contributed by atoms with Crippen molar-refractivity contribution in [1.82, 2.24) is 5.32 Å². The van der Waals surface area contributed by atoms with E-state index >= 15 is 0 Å². The molecular formula is C14H19ClFNO2. The first-order valence-electron chi connectivity index (χ1n) is 5.98. The largest absolute Gasteiger partial charge is 0.444 e. The van der Waals surface area contributed by atoms with E-state index in [0.29, 0.717) is 5.56 Å². The molecule has 0 aromatic heterocycles. The van der Waals surface area contributed by atoms with Crippen LogP contribution in [0.5, 0.6) is 0 Å². The van der Waals surface area contributed by atoms with Crippen molar-refractivity contribution >= 4 is 17.7 Å². The van der Waals surface area contributed by atoms with Crippen LogP contribution in [0.25, 0.3) is 0 Å². The van der Waals surface area contributed by atoms with Crippen LogP contribution in [-0.4, -0.2) is 11.7 Å². The molecule has 0 atom stereocenters. The number of hydrogen-bond donors (Lipinski definition) is 1. The minimum absolute atomic E-state index is 0.0526. The maximum absolute atomic E-state index is 13.4. The topological polar surface area (TPSA) is 38.3 Å². The number of benzene rings is 1. The molecule has 1 aromatic rings. The fourth-order valence-electron chi connectivity index (χ4n) is 1.52. The van der Waals surface area contributed by atoms with Crippen LogP contribution in [0, 0.1) is 5.82 Å².